The molecule has 7 nitrogen and oxygen atoms in total. The van der Waals surface area contributed by atoms with Gasteiger partial charge in [0.15, 0.2) is 11.5 Å². The maximum atomic E-state index is 13.6. The molecule has 0 unspecified atom stereocenters. The summed E-state index contributed by atoms with van der Waals surface area (Å²) in [5, 5.41) is 6.24. The molecule has 0 spiro atoms. The van der Waals surface area contributed by atoms with Gasteiger partial charge in [-0.15, -0.1) is 0 Å². The minimum atomic E-state index is -0.653. The first-order chi connectivity index (χ1) is 16.9. The van der Waals surface area contributed by atoms with E-state index in [0.29, 0.717) is 34.7 Å². The van der Waals surface area contributed by atoms with Crippen molar-refractivity contribution in [3.05, 3.63) is 87.6 Å². The van der Waals surface area contributed by atoms with E-state index in [1.54, 1.807) is 18.2 Å². The Balaban J connectivity index is 1.60. The first-order valence-electron chi connectivity index (χ1n) is 10.9. The predicted molar refractivity (Wildman–Crippen MR) is 136 cm³/mol. The zero-order valence-electron chi connectivity index (χ0n) is 19.3. The van der Waals surface area contributed by atoms with Crippen LogP contribution >= 0.6 is 15.9 Å². The lowest BCUT2D eigenvalue weighted by Crippen LogP contribution is -2.24. The van der Waals surface area contributed by atoms with Crippen LogP contribution in [0, 0.1) is 12.7 Å². The fraction of sp³-hybridized carbons (Fsp3) is 0.192. The molecule has 3 aromatic carbocycles. The quantitative estimate of drug-likeness (QED) is 0.205. The molecule has 35 heavy (non-hydrogen) atoms. The highest BCUT2D eigenvalue weighted by atomic mass is 79.9. The van der Waals surface area contributed by atoms with E-state index in [1.807, 2.05) is 38.1 Å². The molecule has 0 aliphatic rings. The van der Waals surface area contributed by atoms with Crippen molar-refractivity contribution in [1.82, 2.24) is 5.43 Å². The summed E-state index contributed by atoms with van der Waals surface area (Å²) < 4.78 is 26.0. The molecule has 0 heterocycles. The normalized spacial score (nSPS) is 10.7. The zero-order chi connectivity index (χ0) is 25.2. The lowest BCUT2D eigenvalue weighted by Gasteiger charge is -2.15. The number of rotatable bonds is 10. The Morgan fingerprint density at radius 3 is 2.51 bits per heavy atom. The molecule has 2 N–H and O–H groups in total. The van der Waals surface area contributed by atoms with Gasteiger partial charge in [-0.1, -0.05) is 42.0 Å². The summed E-state index contributed by atoms with van der Waals surface area (Å²) in [5.74, 6) is -0.804. The standard InChI is InChI=1S/C26H25BrFN3O4/c1-3-34-23-13-19(12-20(27)26(23)35-16-18-10-8-17(2)9-11-18)15-29-31-25(33)14-24(32)30-22-7-5-4-6-21(22)28/h4-13,15H,3,14,16H2,1-2H3,(H,30,32)(H,31,33). The summed E-state index contributed by atoms with van der Waals surface area (Å²) in [7, 11) is 0. The number of amides is 2. The van der Waals surface area contributed by atoms with E-state index in [4.69, 9.17) is 9.47 Å². The Morgan fingerprint density at radius 2 is 1.80 bits per heavy atom. The van der Waals surface area contributed by atoms with Crippen molar-refractivity contribution in [2.75, 3.05) is 11.9 Å². The van der Waals surface area contributed by atoms with Crippen molar-refractivity contribution in [3.63, 3.8) is 0 Å². The van der Waals surface area contributed by atoms with Gasteiger partial charge in [-0.3, -0.25) is 9.59 Å². The van der Waals surface area contributed by atoms with E-state index < -0.39 is 24.1 Å². The average molecular weight is 542 g/mol. The predicted octanol–water partition coefficient (Wildman–Crippen LogP) is 5.35. The van der Waals surface area contributed by atoms with Crippen LogP contribution < -0.4 is 20.2 Å². The number of benzene rings is 3. The van der Waals surface area contributed by atoms with Crippen LogP contribution in [0.1, 0.15) is 30.0 Å². The monoisotopic (exact) mass is 541 g/mol. The highest BCUT2D eigenvalue weighted by Crippen LogP contribution is 2.37. The maximum Gasteiger partial charge on any atom is 0.249 e. The molecule has 0 atom stereocenters. The highest BCUT2D eigenvalue weighted by molar-refractivity contribution is 9.10. The van der Waals surface area contributed by atoms with Gasteiger partial charge in [0.1, 0.15) is 18.8 Å². The Bertz CT molecular complexity index is 1220. The molecule has 3 aromatic rings. The number of nitrogens with one attached hydrogen (secondary N) is 2. The molecule has 0 bridgehead atoms. The van der Waals surface area contributed by atoms with E-state index in [1.165, 1.54) is 30.0 Å². The Hall–Kier alpha value is -3.72. The van der Waals surface area contributed by atoms with Gasteiger partial charge < -0.3 is 14.8 Å². The van der Waals surface area contributed by atoms with Crippen molar-refractivity contribution in [2.45, 2.75) is 26.9 Å². The van der Waals surface area contributed by atoms with E-state index >= 15 is 0 Å². The van der Waals surface area contributed by atoms with Gasteiger partial charge in [0, 0.05) is 0 Å². The summed E-state index contributed by atoms with van der Waals surface area (Å²) in [6.07, 6.45) is 0.912. The van der Waals surface area contributed by atoms with Gasteiger partial charge in [0.05, 0.1) is 23.0 Å². The summed E-state index contributed by atoms with van der Waals surface area (Å²) in [6, 6.07) is 17.3. The van der Waals surface area contributed by atoms with Gasteiger partial charge in [0.2, 0.25) is 11.8 Å². The second kappa shape index (κ2) is 12.7. The van der Waals surface area contributed by atoms with Crippen LogP contribution in [-0.2, 0) is 16.2 Å². The topological polar surface area (TPSA) is 89.0 Å². The minimum absolute atomic E-state index is 0.00629. The number of carbonyl (C=O) groups is 2. The fourth-order valence-electron chi connectivity index (χ4n) is 3.03. The van der Waals surface area contributed by atoms with Crippen molar-refractivity contribution < 1.29 is 23.5 Å². The molecule has 3 rings (SSSR count). The Morgan fingerprint density at radius 1 is 1.06 bits per heavy atom. The maximum absolute atomic E-state index is 13.6. The zero-order valence-corrected chi connectivity index (χ0v) is 20.9. The number of halogens is 2. The molecular formula is C26H25BrFN3O4. The molecule has 0 aromatic heterocycles. The molecule has 9 heteroatoms. The minimum Gasteiger partial charge on any atom is -0.490 e. The van der Waals surface area contributed by atoms with Gasteiger partial charge in [-0.05, 0) is 65.2 Å². The second-order valence-corrected chi connectivity index (χ2v) is 8.39. The van der Waals surface area contributed by atoms with Gasteiger partial charge in [0.25, 0.3) is 0 Å². The van der Waals surface area contributed by atoms with Crippen LogP contribution in [-0.4, -0.2) is 24.6 Å². The number of ether oxygens (including phenoxy) is 2. The van der Waals surface area contributed by atoms with Gasteiger partial charge in [-0.2, -0.15) is 5.10 Å². The van der Waals surface area contributed by atoms with Crippen LogP contribution in [0.3, 0.4) is 0 Å². The van der Waals surface area contributed by atoms with Crippen LogP contribution in [0.25, 0.3) is 0 Å². The lowest BCUT2D eigenvalue weighted by molar-refractivity contribution is -0.126. The van der Waals surface area contributed by atoms with Gasteiger partial charge in [-0.25, -0.2) is 9.82 Å². The lowest BCUT2D eigenvalue weighted by atomic mass is 10.2. The molecule has 0 fully saturated rings. The van der Waals surface area contributed by atoms with Gasteiger partial charge >= 0.3 is 0 Å². The molecule has 0 saturated carbocycles. The summed E-state index contributed by atoms with van der Waals surface area (Å²) >= 11 is 3.51. The first kappa shape index (κ1) is 25.9. The van der Waals surface area contributed by atoms with Crippen molar-refractivity contribution >= 4 is 39.6 Å². The first-order valence-corrected chi connectivity index (χ1v) is 11.7. The number of hydrazone groups is 1. The van der Waals surface area contributed by atoms with E-state index in [9.17, 15) is 14.0 Å². The third-order valence-corrected chi connectivity index (χ3v) is 5.30. The van der Waals surface area contributed by atoms with Crippen LogP contribution in [0.2, 0.25) is 0 Å². The Labute approximate surface area is 211 Å². The molecule has 0 aliphatic heterocycles. The largest absolute Gasteiger partial charge is 0.490 e. The molecule has 2 amide bonds. The average Bonchev–Trinajstić information content (AvgIpc) is 2.81. The van der Waals surface area contributed by atoms with E-state index in [-0.39, 0.29) is 5.69 Å². The van der Waals surface area contributed by atoms with Crippen molar-refractivity contribution in [2.24, 2.45) is 5.10 Å². The number of aryl methyl sites for hydroxylation is 1. The van der Waals surface area contributed by atoms with Crippen LogP contribution in [0.15, 0.2) is 70.2 Å². The number of nitrogens with zero attached hydrogens (tertiary/aromatic N) is 1. The van der Waals surface area contributed by atoms with Crippen molar-refractivity contribution in [3.8, 4) is 11.5 Å². The summed E-state index contributed by atoms with van der Waals surface area (Å²) in [4.78, 5) is 24.0. The second-order valence-electron chi connectivity index (χ2n) is 7.54. The van der Waals surface area contributed by atoms with Crippen LogP contribution in [0.5, 0.6) is 11.5 Å². The summed E-state index contributed by atoms with van der Waals surface area (Å²) in [5.41, 5.74) is 5.13. The Kier molecular flexibility index (Phi) is 9.37. The third-order valence-electron chi connectivity index (χ3n) is 4.71. The fourth-order valence-corrected chi connectivity index (χ4v) is 3.60. The van der Waals surface area contributed by atoms with Crippen molar-refractivity contribution in [1.29, 1.82) is 0 Å². The molecule has 0 saturated heterocycles. The smallest absolute Gasteiger partial charge is 0.249 e. The number of carbonyl (C=O) groups excluding carboxylic acids is 2. The summed E-state index contributed by atoms with van der Waals surface area (Å²) in [6.45, 7) is 4.70. The molecular weight excluding hydrogens is 517 g/mol. The van der Waals surface area contributed by atoms with E-state index in [2.05, 4.69) is 31.8 Å². The number of anilines is 1. The number of hydrogen-bond donors (Lipinski definition) is 2. The SMILES string of the molecule is CCOc1cc(C=NNC(=O)CC(=O)Nc2ccccc2F)cc(Br)c1OCc1ccc(C)cc1. The van der Waals surface area contributed by atoms with E-state index in [0.717, 1.165) is 5.56 Å². The molecule has 182 valence electrons. The molecule has 0 aliphatic carbocycles. The van der Waals surface area contributed by atoms with Crippen LogP contribution in [0.4, 0.5) is 10.1 Å². The number of para-hydroxylation sites is 1. The third kappa shape index (κ3) is 7.92. The number of hydrogen-bond acceptors (Lipinski definition) is 5. The molecule has 0 radical (unpaired) electrons. The highest BCUT2D eigenvalue weighted by Gasteiger charge is 2.13.